The molecule has 1 heterocycles. The Morgan fingerprint density at radius 2 is 2.50 bits per heavy atom. The molecule has 0 saturated heterocycles. The van der Waals surface area contributed by atoms with Crippen LogP contribution in [0.15, 0.2) is 22.6 Å². The van der Waals surface area contributed by atoms with Gasteiger partial charge in [0.25, 0.3) is 0 Å². The van der Waals surface area contributed by atoms with Crippen LogP contribution < -0.4 is 11.2 Å². The number of rotatable bonds is 3. The molecule has 1 aromatic rings. The molecule has 5 nitrogen and oxygen atoms in total. The number of aliphatic hydroxyl groups excluding tert-OH is 1. The number of hydrogen-bond donors (Lipinski definition) is 3. The lowest BCUT2D eigenvalue weighted by Gasteiger charge is -2.07. The van der Waals surface area contributed by atoms with Crippen LogP contribution in [0.5, 0.6) is 0 Å². The molecule has 4 N–H and O–H groups in total. The maximum absolute atomic E-state index is 10.3. The molecule has 14 heavy (non-hydrogen) atoms. The van der Waals surface area contributed by atoms with Gasteiger partial charge in [0.1, 0.15) is 6.10 Å². The monoisotopic (exact) mass is 213 g/mol. The molecule has 0 aliphatic heterocycles. The summed E-state index contributed by atoms with van der Waals surface area (Å²) in [6.07, 6.45) is -0.790. The third-order valence-electron chi connectivity index (χ3n) is 1.55. The average Bonchev–Trinajstić information content (AvgIpc) is 2.65. The van der Waals surface area contributed by atoms with Crippen LogP contribution in [-0.2, 0) is 0 Å². The Morgan fingerprint density at radius 3 is 3.00 bits per heavy atom. The number of carbonyl (C=O) groups is 1. The van der Waals surface area contributed by atoms with E-state index in [1.807, 2.05) is 11.4 Å². The SMILES string of the molecule is C/C(=N\NC(N)=O)C(O)c1cccs1. The van der Waals surface area contributed by atoms with Gasteiger partial charge in [-0.15, -0.1) is 11.3 Å². The normalized spacial score (nSPS) is 13.7. The highest BCUT2D eigenvalue weighted by Gasteiger charge is 2.11. The van der Waals surface area contributed by atoms with Crippen LogP contribution in [0, 0.1) is 0 Å². The molecule has 0 aliphatic rings. The number of aliphatic hydroxyl groups is 1. The van der Waals surface area contributed by atoms with Crippen molar-refractivity contribution in [2.24, 2.45) is 10.8 Å². The van der Waals surface area contributed by atoms with E-state index in [4.69, 9.17) is 5.73 Å². The van der Waals surface area contributed by atoms with Crippen LogP contribution in [0.4, 0.5) is 4.79 Å². The number of hydrogen-bond acceptors (Lipinski definition) is 4. The van der Waals surface area contributed by atoms with Crippen molar-refractivity contribution in [1.82, 2.24) is 5.43 Å². The van der Waals surface area contributed by atoms with Gasteiger partial charge < -0.3 is 10.8 Å². The van der Waals surface area contributed by atoms with E-state index in [1.54, 1.807) is 13.0 Å². The predicted octanol–water partition coefficient (Wildman–Crippen LogP) is 0.826. The fraction of sp³-hybridized carbons (Fsp3) is 0.250. The number of thiophene rings is 1. The highest BCUT2D eigenvalue weighted by Crippen LogP contribution is 2.19. The van der Waals surface area contributed by atoms with Gasteiger partial charge in [-0.2, -0.15) is 5.10 Å². The third kappa shape index (κ3) is 2.82. The molecule has 1 unspecified atom stereocenters. The maximum atomic E-state index is 10.3. The van der Waals surface area contributed by atoms with Crippen molar-refractivity contribution in [3.63, 3.8) is 0 Å². The van der Waals surface area contributed by atoms with Crippen molar-refractivity contribution in [2.45, 2.75) is 13.0 Å². The summed E-state index contributed by atoms with van der Waals surface area (Å²) < 4.78 is 0. The van der Waals surface area contributed by atoms with Gasteiger partial charge in [-0.25, -0.2) is 10.2 Å². The summed E-state index contributed by atoms with van der Waals surface area (Å²) >= 11 is 1.42. The number of nitrogens with one attached hydrogen (secondary N) is 1. The zero-order chi connectivity index (χ0) is 10.6. The molecule has 0 fully saturated rings. The lowest BCUT2D eigenvalue weighted by Crippen LogP contribution is -2.26. The summed E-state index contributed by atoms with van der Waals surface area (Å²) in [5, 5.41) is 15.2. The second kappa shape index (κ2) is 4.73. The highest BCUT2D eigenvalue weighted by molar-refractivity contribution is 7.10. The van der Waals surface area contributed by atoms with Gasteiger partial charge >= 0.3 is 6.03 Å². The number of nitrogens with two attached hydrogens (primary N) is 1. The van der Waals surface area contributed by atoms with Crippen LogP contribution in [-0.4, -0.2) is 16.8 Å². The Labute approximate surface area is 85.2 Å². The topological polar surface area (TPSA) is 87.7 Å². The van der Waals surface area contributed by atoms with E-state index >= 15 is 0 Å². The summed E-state index contributed by atoms with van der Waals surface area (Å²) in [5.74, 6) is 0. The zero-order valence-corrected chi connectivity index (χ0v) is 8.41. The van der Waals surface area contributed by atoms with Crippen LogP contribution in [0.2, 0.25) is 0 Å². The molecule has 6 heteroatoms. The van der Waals surface area contributed by atoms with Gasteiger partial charge in [0.2, 0.25) is 0 Å². The zero-order valence-electron chi connectivity index (χ0n) is 7.60. The lowest BCUT2D eigenvalue weighted by atomic mass is 10.2. The largest absolute Gasteiger partial charge is 0.381 e. The van der Waals surface area contributed by atoms with Crippen molar-refractivity contribution in [1.29, 1.82) is 0 Å². The Kier molecular flexibility index (Phi) is 3.61. The molecule has 1 atom stereocenters. The van der Waals surface area contributed by atoms with Crippen molar-refractivity contribution < 1.29 is 9.90 Å². The molecule has 0 bridgehead atoms. The van der Waals surface area contributed by atoms with E-state index in [9.17, 15) is 9.90 Å². The summed E-state index contributed by atoms with van der Waals surface area (Å²) in [6.45, 7) is 1.61. The molecule has 1 aromatic heterocycles. The number of carbonyl (C=O) groups excluding carboxylic acids is 1. The number of nitrogens with zero attached hydrogens (tertiary/aromatic N) is 1. The van der Waals surface area contributed by atoms with Gasteiger partial charge in [0.05, 0.1) is 5.71 Å². The minimum atomic E-state index is -0.790. The molecule has 0 radical (unpaired) electrons. The number of urea groups is 1. The van der Waals surface area contributed by atoms with E-state index in [0.29, 0.717) is 5.71 Å². The van der Waals surface area contributed by atoms with Crippen LogP contribution in [0.3, 0.4) is 0 Å². The van der Waals surface area contributed by atoms with Gasteiger partial charge in [-0.3, -0.25) is 0 Å². The molecule has 0 aliphatic carbocycles. The number of hydrazone groups is 1. The summed E-state index contributed by atoms with van der Waals surface area (Å²) in [5.41, 5.74) is 7.28. The maximum Gasteiger partial charge on any atom is 0.332 e. The first kappa shape index (κ1) is 10.7. The summed E-state index contributed by atoms with van der Waals surface area (Å²) in [4.78, 5) is 11.1. The fourth-order valence-electron chi connectivity index (χ4n) is 0.857. The molecule has 0 spiro atoms. The molecule has 2 amide bonds. The van der Waals surface area contributed by atoms with Crippen LogP contribution >= 0.6 is 11.3 Å². The minimum Gasteiger partial charge on any atom is -0.381 e. The third-order valence-corrected chi connectivity index (χ3v) is 2.48. The van der Waals surface area contributed by atoms with Crippen molar-refractivity contribution in [2.75, 3.05) is 0 Å². The van der Waals surface area contributed by atoms with E-state index < -0.39 is 12.1 Å². The summed E-state index contributed by atoms with van der Waals surface area (Å²) in [7, 11) is 0. The van der Waals surface area contributed by atoms with E-state index in [2.05, 4.69) is 10.5 Å². The minimum absolute atomic E-state index is 0.395. The average molecular weight is 213 g/mol. The second-order valence-corrected chi connectivity index (χ2v) is 3.63. The smallest absolute Gasteiger partial charge is 0.332 e. The van der Waals surface area contributed by atoms with Crippen molar-refractivity contribution in [3.05, 3.63) is 22.4 Å². The first-order valence-corrected chi connectivity index (χ1v) is 4.80. The predicted molar refractivity (Wildman–Crippen MR) is 55.1 cm³/mol. The Morgan fingerprint density at radius 1 is 1.79 bits per heavy atom. The number of primary amides is 1. The van der Waals surface area contributed by atoms with Crippen LogP contribution in [0.1, 0.15) is 17.9 Å². The second-order valence-electron chi connectivity index (χ2n) is 2.65. The Balaban J connectivity index is 2.65. The standard InChI is InChI=1S/C8H11N3O2S/c1-5(10-11-8(9)13)7(12)6-3-2-4-14-6/h2-4,7,12H,1H3,(H3,9,11,13)/b10-5+. The Bertz CT molecular complexity index is 334. The summed E-state index contributed by atoms with van der Waals surface area (Å²) in [6, 6.07) is 2.87. The van der Waals surface area contributed by atoms with Crippen molar-refractivity contribution >= 4 is 23.1 Å². The first-order chi connectivity index (χ1) is 6.61. The molecular weight excluding hydrogens is 202 g/mol. The van der Waals surface area contributed by atoms with Crippen LogP contribution in [0.25, 0.3) is 0 Å². The van der Waals surface area contributed by atoms with E-state index in [0.717, 1.165) is 4.88 Å². The van der Waals surface area contributed by atoms with Gasteiger partial charge in [0, 0.05) is 4.88 Å². The Hall–Kier alpha value is -1.40. The fourth-order valence-corrected chi connectivity index (χ4v) is 1.63. The molecule has 0 saturated carbocycles. The molecular formula is C8H11N3O2S. The lowest BCUT2D eigenvalue weighted by molar-refractivity contribution is 0.245. The van der Waals surface area contributed by atoms with Gasteiger partial charge in [-0.05, 0) is 18.4 Å². The highest BCUT2D eigenvalue weighted by atomic mass is 32.1. The van der Waals surface area contributed by atoms with E-state index in [1.165, 1.54) is 11.3 Å². The van der Waals surface area contributed by atoms with Crippen molar-refractivity contribution in [3.8, 4) is 0 Å². The van der Waals surface area contributed by atoms with Gasteiger partial charge in [-0.1, -0.05) is 6.07 Å². The van der Waals surface area contributed by atoms with Gasteiger partial charge in [0.15, 0.2) is 0 Å². The quantitative estimate of drug-likeness (QED) is 0.513. The molecule has 1 rings (SSSR count). The first-order valence-electron chi connectivity index (χ1n) is 3.92. The van der Waals surface area contributed by atoms with E-state index in [-0.39, 0.29) is 0 Å². The molecule has 76 valence electrons. The molecule has 0 aromatic carbocycles. The number of amides is 2.